The number of benzene rings is 10. The number of furan rings is 1. The lowest BCUT2D eigenvalue weighted by Gasteiger charge is -2.31. The van der Waals surface area contributed by atoms with Crippen LogP contribution in [0.3, 0.4) is 0 Å². The van der Waals surface area contributed by atoms with E-state index in [0.717, 1.165) is 72.4 Å². The Kier molecular flexibility index (Phi) is 8.17. The van der Waals surface area contributed by atoms with Crippen LogP contribution < -0.4 is 4.90 Å². The van der Waals surface area contributed by atoms with E-state index in [1.54, 1.807) is 0 Å². The van der Waals surface area contributed by atoms with E-state index in [4.69, 9.17) is 4.42 Å². The normalized spacial score (nSPS) is 11.6. The minimum Gasteiger partial charge on any atom is -0.456 e. The van der Waals surface area contributed by atoms with Crippen molar-refractivity contribution in [2.24, 2.45) is 0 Å². The average Bonchev–Trinajstić information content (AvgIpc) is 3.88. The first-order valence-electron chi connectivity index (χ1n) is 20.9. The molecule has 3 heteroatoms. The van der Waals surface area contributed by atoms with Crippen molar-refractivity contribution < 1.29 is 4.42 Å². The highest BCUT2D eigenvalue weighted by atomic mass is 16.3. The van der Waals surface area contributed by atoms with Crippen LogP contribution in [0.1, 0.15) is 0 Å². The molecule has 0 unspecified atom stereocenters. The highest BCUT2D eigenvalue weighted by Gasteiger charge is 2.26. The Morgan fingerprint density at radius 1 is 0.344 bits per heavy atom. The molecule has 12 rings (SSSR count). The molecular weight excluding hydrogens is 741 g/mol. The molecule has 0 radical (unpaired) electrons. The minimum absolute atomic E-state index is 0.881. The molecule has 0 amide bonds. The van der Waals surface area contributed by atoms with E-state index < -0.39 is 0 Å². The number of aromatic nitrogens is 1. The van der Waals surface area contributed by atoms with Gasteiger partial charge in [0, 0.05) is 38.4 Å². The predicted molar refractivity (Wildman–Crippen MR) is 257 cm³/mol. The van der Waals surface area contributed by atoms with Crippen molar-refractivity contribution in [1.82, 2.24) is 4.57 Å². The molecule has 10 aromatic carbocycles. The Morgan fingerprint density at radius 2 is 0.918 bits per heavy atom. The topological polar surface area (TPSA) is 21.3 Å². The van der Waals surface area contributed by atoms with Crippen LogP contribution in [-0.4, -0.2) is 4.57 Å². The third-order valence-corrected chi connectivity index (χ3v) is 12.2. The van der Waals surface area contributed by atoms with Crippen molar-refractivity contribution in [1.29, 1.82) is 0 Å². The molecular formula is C58H38N2O. The lowest BCUT2D eigenvalue weighted by atomic mass is 9.90. The summed E-state index contributed by atoms with van der Waals surface area (Å²) in [5.74, 6) is 0. The molecule has 0 fully saturated rings. The number of fused-ring (bicyclic) bond motifs is 7. The van der Waals surface area contributed by atoms with Gasteiger partial charge < -0.3 is 13.9 Å². The summed E-state index contributed by atoms with van der Waals surface area (Å²) in [4.78, 5) is 2.51. The number of anilines is 3. The van der Waals surface area contributed by atoms with E-state index in [-0.39, 0.29) is 0 Å². The van der Waals surface area contributed by atoms with E-state index >= 15 is 0 Å². The summed E-state index contributed by atoms with van der Waals surface area (Å²) in [5.41, 5.74) is 15.4. The molecule has 0 aliphatic carbocycles. The maximum atomic E-state index is 6.32. The van der Waals surface area contributed by atoms with Crippen LogP contribution in [0.25, 0.3) is 93.6 Å². The largest absolute Gasteiger partial charge is 0.456 e. The Labute approximate surface area is 353 Å². The fourth-order valence-electron chi connectivity index (χ4n) is 9.54. The van der Waals surface area contributed by atoms with Gasteiger partial charge >= 0.3 is 0 Å². The summed E-state index contributed by atoms with van der Waals surface area (Å²) < 4.78 is 8.76. The van der Waals surface area contributed by atoms with Gasteiger partial charge in [0.1, 0.15) is 11.2 Å². The maximum Gasteiger partial charge on any atom is 0.135 e. The van der Waals surface area contributed by atoms with Gasteiger partial charge in [0.25, 0.3) is 0 Å². The van der Waals surface area contributed by atoms with Crippen molar-refractivity contribution >= 4 is 71.6 Å². The summed E-state index contributed by atoms with van der Waals surface area (Å²) in [6, 6.07) is 83.1. The SMILES string of the molecule is c1ccc(-c2cccc3cccc(-c4ccccc4N(c4ccccc4-c4ccc5oc6ccccc6c5c4)c4cccc5c6ccccc6n(-c6ccccc6)c45)c23)cc1. The van der Waals surface area contributed by atoms with Gasteiger partial charge in [-0.3, -0.25) is 0 Å². The van der Waals surface area contributed by atoms with E-state index in [2.05, 4.69) is 228 Å². The Hall–Kier alpha value is -8.14. The van der Waals surface area contributed by atoms with Crippen LogP contribution in [0.2, 0.25) is 0 Å². The fraction of sp³-hybridized carbons (Fsp3) is 0. The second-order valence-electron chi connectivity index (χ2n) is 15.6. The minimum atomic E-state index is 0.881. The van der Waals surface area contributed by atoms with Gasteiger partial charge in [0.15, 0.2) is 0 Å². The Bertz CT molecular complexity index is 3590. The summed E-state index contributed by atoms with van der Waals surface area (Å²) in [5, 5.41) is 7.05. The second-order valence-corrected chi connectivity index (χ2v) is 15.6. The van der Waals surface area contributed by atoms with Crippen molar-refractivity contribution in [3.8, 4) is 39.1 Å². The van der Waals surface area contributed by atoms with Gasteiger partial charge in [-0.05, 0) is 87.6 Å². The second kappa shape index (κ2) is 14.3. The van der Waals surface area contributed by atoms with Crippen molar-refractivity contribution in [3.05, 3.63) is 231 Å². The Balaban J connectivity index is 1.19. The van der Waals surface area contributed by atoms with E-state index in [0.29, 0.717) is 0 Å². The summed E-state index contributed by atoms with van der Waals surface area (Å²) >= 11 is 0. The zero-order valence-corrected chi connectivity index (χ0v) is 33.2. The van der Waals surface area contributed by atoms with Crippen molar-refractivity contribution in [3.63, 3.8) is 0 Å². The summed E-state index contributed by atoms with van der Waals surface area (Å²) in [7, 11) is 0. The van der Waals surface area contributed by atoms with E-state index in [1.807, 2.05) is 12.1 Å². The molecule has 0 atom stereocenters. The van der Waals surface area contributed by atoms with E-state index in [1.165, 1.54) is 38.2 Å². The first-order valence-corrected chi connectivity index (χ1v) is 20.9. The monoisotopic (exact) mass is 778 g/mol. The molecule has 2 heterocycles. The smallest absolute Gasteiger partial charge is 0.135 e. The molecule has 2 aromatic heterocycles. The van der Waals surface area contributed by atoms with Gasteiger partial charge in [-0.1, -0.05) is 176 Å². The number of rotatable bonds is 7. The zero-order chi connectivity index (χ0) is 40.3. The summed E-state index contributed by atoms with van der Waals surface area (Å²) in [6.45, 7) is 0. The van der Waals surface area contributed by atoms with Crippen LogP contribution >= 0.6 is 0 Å². The molecule has 12 aromatic rings. The van der Waals surface area contributed by atoms with Crippen LogP contribution in [0.4, 0.5) is 17.1 Å². The Morgan fingerprint density at radius 3 is 1.74 bits per heavy atom. The number of hydrogen-bond acceptors (Lipinski definition) is 2. The first-order chi connectivity index (χ1) is 30.3. The summed E-state index contributed by atoms with van der Waals surface area (Å²) in [6.07, 6.45) is 0. The van der Waals surface area contributed by atoms with Gasteiger partial charge in [-0.15, -0.1) is 0 Å². The quantitative estimate of drug-likeness (QED) is 0.161. The third-order valence-electron chi connectivity index (χ3n) is 12.2. The molecule has 3 nitrogen and oxygen atoms in total. The van der Waals surface area contributed by atoms with Crippen molar-refractivity contribution in [2.45, 2.75) is 0 Å². The number of hydrogen-bond donors (Lipinski definition) is 0. The van der Waals surface area contributed by atoms with Crippen LogP contribution in [-0.2, 0) is 0 Å². The highest BCUT2D eigenvalue weighted by Crippen LogP contribution is 2.50. The van der Waals surface area contributed by atoms with Gasteiger partial charge in [-0.2, -0.15) is 0 Å². The third kappa shape index (κ3) is 5.66. The molecule has 286 valence electrons. The standard InChI is InChI=1S/C58H38N2O/c1-3-18-39(19-4-1)44-28-15-20-40-21-16-29-48(57(40)44)45-25-8-13-33-53(45)60(51-31-11-7-24-43(51)41-36-37-56-50(38-41)47-27-10-14-35-55(47)61-56)54-34-17-30-49-46-26-9-12-32-52(46)59(58(49)54)42-22-5-2-6-23-42/h1-38H. The van der Waals surface area contributed by atoms with Crippen LogP contribution in [0.5, 0.6) is 0 Å². The lowest BCUT2D eigenvalue weighted by molar-refractivity contribution is 0.669. The van der Waals surface area contributed by atoms with Gasteiger partial charge in [-0.25, -0.2) is 0 Å². The van der Waals surface area contributed by atoms with Gasteiger partial charge in [0.05, 0.1) is 28.1 Å². The predicted octanol–water partition coefficient (Wildman–Crippen LogP) is 16.3. The van der Waals surface area contributed by atoms with E-state index in [9.17, 15) is 0 Å². The van der Waals surface area contributed by atoms with Crippen molar-refractivity contribution in [2.75, 3.05) is 4.90 Å². The van der Waals surface area contributed by atoms with Crippen LogP contribution in [0, 0.1) is 0 Å². The molecule has 0 saturated heterocycles. The number of para-hydroxylation sites is 6. The molecule has 0 N–H and O–H groups in total. The first kappa shape index (κ1) is 34.9. The molecule has 0 bridgehead atoms. The van der Waals surface area contributed by atoms with Gasteiger partial charge in [0.2, 0.25) is 0 Å². The average molecular weight is 779 g/mol. The molecule has 0 saturated carbocycles. The number of nitrogens with zero attached hydrogens (tertiary/aromatic N) is 2. The zero-order valence-electron chi connectivity index (χ0n) is 33.2. The molecule has 0 spiro atoms. The molecule has 0 aliphatic rings. The fourth-order valence-corrected chi connectivity index (χ4v) is 9.54. The molecule has 61 heavy (non-hydrogen) atoms. The maximum absolute atomic E-state index is 6.32. The highest BCUT2D eigenvalue weighted by molar-refractivity contribution is 6.16. The lowest BCUT2D eigenvalue weighted by Crippen LogP contribution is -2.14. The molecule has 0 aliphatic heterocycles. The van der Waals surface area contributed by atoms with Crippen LogP contribution in [0.15, 0.2) is 235 Å².